The molecule has 3 heterocycles. The minimum atomic E-state index is -0.463. The highest BCUT2D eigenvalue weighted by molar-refractivity contribution is 7.93. The highest BCUT2D eigenvalue weighted by atomic mass is 32.2. The molecule has 0 saturated heterocycles. The zero-order valence-corrected chi connectivity index (χ0v) is 68.5. The van der Waals surface area contributed by atoms with Crippen molar-refractivity contribution in [3.63, 3.8) is 0 Å². The molecule has 15 rings (SSSR count). The molecule has 0 aliphatic heterocycles. The van der Waals surface area contributed by atoms with Crippen LogP contribution in [0.4, 0.5) is 3.89 Å². The molecule has 9 saturated carbocycles. The average molecular weight is 1460 g/mol. The lowest BCUT2D eigenvalue weighted by atomic mass is 9.46. The second kappa shape index (κ2) is 32.8. The Morgan fingerprint density at radius 1 is 0.400 bits per heavy atom. The van der Waals surface area contributed by atoms with Gasteiger partial charge in [-0.25, -0.2) is 0 Å². The summed E-state index contributed by atoms with van der Waals surface area (Å²) in [4.78, 5) is 12.5. The van der Waals surface area contributed by atoms with E-state index < -0.39 is 35.1 Å². The highest BCUT2D eigenvalue weighted by Gasteiger charge is 2.64. The second-order valence-corrected chi connectivity index (χ2v) is 39.8. The summed E-state index contributed by atoms with van der Waals surface area (Å²) in [5, 5.41) is 65.1. The second-order valence-electron chi connectivity index (χ2n) is 39.5. The predicted molar refractivity (Wildman–Crippen MR) is 429 cm³/mol. The van der Waals surface area contributed by atoms with Gasteiger partial charge in [0.25, 0.3) is 0 Å². The molecule has 0 bridgehead atoms. The SMILES string of the molecule is CC[C@]1(O)CC[C@@]2(C)C(=CC[C@H]3[C@@H]4CC[C@H]([C@H](C)CCC(O)c5cccnc5)[C@@]4(C)CC[C@@H]32)C1.CC[C@]1(O)CC[C@@]2(C)C(=CC[C@H]3[C@@H]4CC[C@H]([C@H](C)CC[C@@H](O)c5cccnc5)[C@@]4(C)CC[C@@H]32)C1.CC[C@]1(O)CC[C@@]2(C)C(=CC[C@H]3[C@@H]4CC[C@H]([C@H](C)CC[C@H](O)c5cccnc5)[C@@]4(C)CC[C@@H]32)C1.CSF. The quantitative estimate of drug-likeness (QED) is 0.0677. The first kappa shape index (κ1) is 81.2. The molecule has 584 valence electrons. The van der Waals surface area contributed by atoms with Crippen LogP contribution < -0.4 is 0 Å². The largest absolute Gasteiger partial charge is 0.390 e. The normalized spacial score (nSPS) is 42.2. The van der Waals surface area contributed by atoms with Gasteiger partial charge in [-0.15, -0.1) is 0 Å². The van der Waals surface area contributed by atoms with E-state index in [1.165, 1.54) is 122 Å². The lowest BCUT2D eigenvalue weighted by Gasteiger charge is -2.59. The maximum Gasteiger partial charge on any atom is 0.0805 e. The molecule has 0 spiro atoms. The first-order valence-corrected chi connectivity index (χ1v) is 44.3. The summed E-state index contributed by atoms with van der Waals surface area (Å²) in [6, 6.07) is 11.7. The number of rotatable bonds is 18. The minimum Gasteiger partial charge on any atom is -0.390 e. The number of aromatic nitrogens is 3. The van der Waals surface area contributed by atoms with Crippen LogP contribution in [0.25, 0.3) is 0 Å². The number of nitrogens with zero attached hydrogens (tertiary/aromatic N) is 3. The van der Waals surface area contributed by atoms with Crippen molar-refractivity contribution in [3.05, 3.63) is 125 Å². The molecule has 11 heteroatoms. The Kier molecular flexibility index (Phi) is 25.4. The van der Waals surface area contributed by atoms with Gasteiger partial charge in [0.05, 0.1) is 35.1 Å². The molecule has 3 aromatic rings. The van der Waals surface area contributed by atoms with Gasteiger partial charge in [0.1, 0.15) is 0 Å². The Hall–Kier alpha value is -3.29. The van der Waals surface area contributed by atoms with E-state index in [0.717, 1.165) is 184 Å². The van der Waals surface area contributed by atoms with Crippen molar-refractivity contribution in [2.24, 2.45) is 121 Å². The van der Waals surface area contributed by atoms with Crippen molar-refractivity contribution in [2.45, 2.75) is 330 Å². The Morgan fingerprint density at radius 3 is 0.905 bits per heavy atom. The van der Waals surface area contributed by atoms with Crippen LogP contribution in [0.3, 0.4) is 0 Å². The zero-order valence-electron chi connectivity index (χ0n) is 67.7. The summed E-state index contributed by atoms with van der Waals surface area (Å²) in [6.45, 7) is 29.3. The maximum atomic E-state index is 11.0. The number of fused-ring (bicyclic) bond motifs is 15. The Bertz CT molecular complexity index is 3080. The fraction of sp³-hybridized carbons (Fsp3) is 0.777. The number of pyridine rings is 3. The molecule has 3 aromatic heterocycles. The third-order valence-electron chi connectivity index (χ3n) is 34.9. The van der Waals surface area contributed by atoms with Gasteiger partial charge in [0, 0.05) is 55.6 Å². The van der Waals surface area contributed by atoms with Crippen molar-refractivity contribution >= 4 is 12.1 Å². The topological polar surface area (TPSA) is 160 Å². The number of aliphatic hydroxyl groups is 6. The van der Waals surface area contributed by atoms with Crippen LogP contribution in [-0.4, -0.2) is 68.7 Å². The first-order chi connectivity index (χ1) is 50.0. The van der Waals surface area contributed by atoms with Crippen molar-refractivity contribution in [1.82, 2.24) is 15.0 Å². The van der Waals surface area contributed by atoms with Crippen LogP contribution in [0.15, 0.2) is 109 Å². The molecule has 0 aromatic carbocycles. The molecule has 105 heavy (non-hydrogen) atoms. The van der Waals surface area contributed by atoms with E-state index in [1.54, 1.807) is 35.3 Å². The van der Waals surface area contributed by atoms with Crippen LogP contribution in [0, 0.1) is 121 Å². The van der Waals surface area contributed by atoms with Crippen molar-refractivity contribution < 1.29 is 34.5 Å². The molecule has 9 nitrogen and oxygen atoms in total. The van der Waals surface area contributed by atoms with Crippen molar-refractivity contribution in [2.75, 3.05) is 6.26 Å². The lowest BCUT2D eigenvalue weighted by molar-refractivity contribution is -0.0757. The van der Waals surface area contributed by atoms with Gasteiger partial charge in [-0.2, -0.15) is 3.89 Å². The van der Waals surface area contributed by atoms with Gasteiger partial charge < -0.3 is 30.6 Å². The molecule has 6 N–H and O–H groups in total. The monoisotopic (exact) mass is 1460 g/mol. The lowest BCUT2D eigenvalue weighted by Crippen LogP contribution is -2.52. The smallest absolute Gasteiger partial charge is 0.0805 e. The first-order valence-electron chi connectivity index (χ1n) is 43.2. The van der Waals surface area contributed by atoms with Gasteiger partial charge >= 0.3 is 0 Å². The number of hydrogen-bond acceptors (Lipinski definition) is 10. The van der Waals surface area contributed by atoms with Crippen LogP contribution in [0.5, 0.6) is 0 Å². The summed E-state index contributed by atoms with van der Waals surface area (Å²) < 4.78 is 10.2. The third kappa shape index (κ3) is 15.9. The van der Waals surface area contributed by atoms with E-state index in [9.17, 15) is 34.5 Å². The summed E-state index contributed by atoms with van der Waals surface area (Å²) >= 11 is 0.250. The van der Waals surface area contributed by atoms with Gasteiger partial charge in [-0.3, -0.25) is 15.0 Å². The van der Waals surface area contributed by atoms with E-state index in [1.807, 2.05) is 55.0 Å². The predicted octanol–water partition coefficient (Wildman–Crippen LogP) is 23.0. The summed E-state index contributed by atoms with van der Waals surface area (Å²) in [5.74, 6) is 11.6. The van der Waals surface area contributed by atoms with Crippen LogP contribution in [0.1, 0.15) is 330 Å². The van der Waals surface area contributed by atoms with Crippen LogP contribution in [0.2, 0.25) is 0 Å². The molecule has 1 unspecified atom stereocenters. The molecule has 0 amide bonds. The van der Waals surface area contributed by atoms with Crippen molar-refractivity contribution in [3.8, 4) is 0 Å². The molecule has 9 fully saturated rings. The van der Waals surface area contributed by atoms with Gasteiger partial charge in [0.2, 0.25) is 0 Å². The van der Waals surface area contributed by atoms with Gasteiger partial charge in [-0.05, 0) is 368 Å². The molecule has 12 aliphatic rings. The van der Waals surface area contributed by atoms with Crippen molar-refractivity contribution in [1.29, 1.82) is 0 Å². The number of aliphatic hydroxyl groups excluding tert-OH is 3. The Balaban J connectivity index is 0.000000145. The molecular weight excluding hydrogens is 1320 g/mol. The van der Waals surface area contributed by atoms with E-state index in [4.69, 9.17) is 0 Å². The molecule has 0 radical (unpaired) electrons. The number of allylic oxidation sites excluding steroid dienone is 3. The summed E-state index contributed by atoms with van der Waals surface area (Å²) in [6.07, 6.45) is 56.3. The fourth-order valence-corrected chi connectivity index (χ4v) is 28.1. The summed E-state index contributed by atoms with van der Waals surface area (Å²) in [5.41, 5.74) is 8.47. The van der Waals surface area contributed by atoms with Gasteiger partial charge in [-0.1, -0.05) is 136 Å². The van der Waals surface area contributed by atoms with E-state index in [0.29, 0.717) is 50.2 Å². The van der Waals surface area contributed by atoms with Crippen LogP contribution >= 0.6 is 12.1 Å². The highest BCUT2D eigenvalue weighted by Crippen LogP contribution is 2.72. The molecular formula is C94H144FN3O6S. The molecule has 12 aliphatic carbocycles. The molecule has 27 atom stereocenters. The number of halogens is 1. The van der Waals surface area contributed by atoms with Crippen LogP contribution in [-0.2, 0) is 0 Å². The minimum absolute atomic E-state index is 0.250. The van der Waals surface area contributed by atoms with E-state index in [2.05, 4.69) is 116 Å². The Morgan fingerprint density at radius 2 is 0.667 bits per heavy atom. The summed E-state index contributed by atoms with van der Waals surface area (Å²) in [7, 11) is 0. The third-order valence-corrected chi connectivity index (χ3v) is 34.9. The Labute approximate surface area is 640 Å². The standard InChI is InChI=1S/3C31H47NO2.CH3FS/c3*1-5-31(34)17-16-29(3)23(19-31)9-10-24-26-12-11-25(30(26,4)15-14-27(24)29)21(2)8-13-28(33)22-7-6-18-32-20-22;1-3-2/h3*6-7,9,18,20-21,24-28,33-34H,5,8,10-17,19H2,1-4H3;1H3/t21-,24+,25-,26+,27+,28?,29+,30-,31+;21-,24+,25-,26+,27+,28+,29+,30-,31+;21-,24+,25-,26+,27+,28-,29+,30-,31+;/m111./s1. The van der Waals surface area contributed by atoms with E-state index in [-0.39, 0.29) is 12.1 Å². The fourth-order valence-electron chi connectivity index (χ4n) is 28.1. The zero-order chi connectivity index (χ0) is 75.1. The average Bonchev–Trinajstić information content (AvgIpc) is 1.71. The van der Waals surface area contributed by atoms with Gasteiger partial charge in [0.15, 0.2) is 0 Å². The van der Waals surface area contributed by atoms with E-state index >= 15 is 0 Å². The number of hydrogen-bond donors (Lipinski definition) is 6. The maximum absolute atomic E-state index is 11.0.